The van der Waals surface area contributed by atoms with Crippen molar-refractivity contribution in [1.29, 1.82) is 0 Å². The van der Waals surface area contributed by atoms with Gasteiger partial charge >= 0.3 is 12.3 Å². The number of nitrogens with zero attached hydrogens (tertiary/aromatic N) is 3. The molecule has 2 fully saturated rings. The van der Waals surface area contributed by atoms with E-state index in [0.29, 0.717) is 24.2 Å². The quantitative estimate of drug-likeness (QED) is 0.740. The number of aromatic nitrogens is 2. The minimum Gasteiger partial charge on any atom is -0.444 e. The van der Waals surface area contributed by atoms with E-state index in [4.69, 9.17) is 4.74 Å². The number of aryl methyl sites for hydroxylation is 1. The third kappa shape index (κ3) is 4.27. The van der Waals surface area contributed by atoms with E-state index in [1.165, 1.54) is 17.8 Å². The molecule has 10 heteroatoms. The van der Waals surface area contributed by atoms with Crippen molar-refractivity contribution in [3.05, 3.63) is 29.5 Å². The number of ether oxygens (including phenoxy) is 1. The van der Waals surface area contributed by atoms with E-state index >= 15 is 0 Å². The molecular weight excluding hydrogens is 437 g/mol. The maximum atomic E-state index is 13.5. The number of carbonyl (C=O) groups is 2. The second-order valence-corrected chi connectivity index (χ2v) is 10.5. The average Bonchev–Trinajstić information content (AvgIpc) is 2.99. The van der Waals surface area contributed by atoms with Crippen molar-refractivity contribution < 1.29 is 27.5 Å². The lowest BCUT2D eigenvalue weighted by Crippen LogP contribution is -2.44. The van der Waals surface area contributed by atoms with Gasteiger partial charge in [0, 0.05) is 31.4 Å². The van der Waals surface area contributed by atoms with Gasteiger partial charge in [0.25, 0.3) is 0 Å². The molecule has 7 nitrogen and oxygen atoms in total. The highest BCUT2D eigenvalue weighted by atomic mass is 19.4. The van der Waals surface area contributed by atoms with Crippen LogP contribution in [0.1, 0.15) is 45.9 Å². The van der Waals surface area contributed by atoms with Gasteiger partial charge in [-0.25, -0.2) is 4.79 Å². The SMILES string of the molecule is Cn1nc(C(C)(C)NC(=O)C2[C@H]3CN(C(=O)OC(C)(C)C)C[C@@H]23)c2cccc(C(F)(F)F)c21. The second kappa shape index (κ2) is 7.36. The number of para-hydroxylation sites is 1. The number of hydrogen-bond acceptors (Lipinski definition) is 4. The predicted octanol–water partition coefficient (Wildman–Crippen LogP) is 4.06. The number of hydrogen-bond donors (Lipinski definition) is 1. The van der Waals surface area contributed by atoms with Gasteiger partial charge in [0.15, 0.2) is 0 Å². The van der Waals surface area contributed by atoms with Gasteiger partial charge in [-0.2, -0.15) is 18.3 Å². The lowest BCUT2D eigenvalue weighted by atomic mass is 9.95. The van der Waals surface area contributed by atoms with Crippen molar-refractivity contribution >= 4 is 22.9 Å². The summed E-state index contributed by atoms with van der Waals surface area (Å²) in [5.41, 5.74) is -1.97. The summed E-state index contributed by atoms with van der Waals surface area (Å²) in [6, 6.07) is 3.97. The third-order valence-corrected chi connectivity index (χ3v) is 6.35. The van der Waals surface area contributed by atoms with Crippen molar-refractivity contribution in [2.45, 2.75) is 51.9 Å². The normalized spacial score (nSPS) is 22.9. The Morgan fingerprint density at radius 1 is 1.09 bits per heavy atom. The standard InChI is InChI=1S/C23H29F3N4O3/c1-21(2,3)33-20(32)30-10-13-14(11-30)16(13)19(31)27-22(4,5)18-12-8-7-9-15(23(24,25)26)17(12)29(6)28-18/h7-9,13-14,16H,10-11H2,1-6H3,(H,27,31)/t13-,14+,16?. The van der Waals surface area contributed by atoms with Crippen molar-refractivity contribution in [3.8, 4) is 0 Å². The van der Waals surface area contributed by atoms with E-state index in [1.54, 1.807) is 45.6 Å². The maximum absolute atomic E-state index is 13.5. The van der Waals surface area contributed by atoms with Gasteiger partial charge in [-0.05, 0) is 52.5 Å². The van der Waals surface area contributed by atoms with E-state index in [9.17, 15) is 22.8 Å². The van der Waals surface area contributed by atoms with Gasteiger partial charge in [-0.1, -0.05) is 12.1 Å². The molecule has 1 aromatic heterocycles. The number of rotatable bonds is 3. The molecule has 1 unspecified atom stereocenters. The van der Waals surface area contributed by atoms with Crippen LogP contribution in [0.25, 0.3) is 10.9 Å². The van der Waals surface area contributed by atoms with Gasteiger partial charge in [0.05, 0.1) is 22.3 Å². The molecule has 2 aromatic rings. The Balaban J connectivity index is 1.47. The summed E-state index contributed by atoms with van der Waals surface area (Å²) in [5, 5.41) is 7.67. The zero-order chi connectivity index (χ0) is 24.5. The molecule has 1 aliphatic carbocycles. The van der Waals surface area contributed by atoms with Gasteiger partial charge in [0.2, 0.25) is 5.91 Å². The lowest BCUT2D eigenvalue weighted by Gasteiger charge is -2.27. The first-order chi connectivity index (χ1) is 15.1. The smallest absolute Gasteiger partial charge is 0.418 e. The van der Waals surface area contributed by atoms with Crippen LogP contribution in [0.3, 0.4) is 0 Å². The lowest BCUT2D eigenvalue weighted by molar-refractivity contribution is -0.136. The molecule has 3 atom stereocenters. The number of benzene rings is 1. The molecule has 0 radical (unpaired) electrons. The van der Waals surface area contributed by atoms with Crippen LogP contribution in [-0.4, -0.2) is 45.4 Å². The van der Waals surface area contributed by atoms with Crippen LogP contribution in [-0.2, 0) is 28.3 Å². The number of halogens is 3. The van der Waals surface area contributed by atoms with E-state index in [2.05, 4.69) is 10.4 Å². The number of likely N-dealkylation sites (tertiary alicyclic amines) is 1. The molecule has 0 spiro atoms. The zero-order valence-electron chi connectivity index (χ0n) is 19.6. The average molecular weight is 467 g/mol. The van der Waals surface area contributed by atoms with Crippen LogP contribution >= 0.6 is 0 Å². The Kier molecular flexibility index (Phi) is 5.22. The minimum absolute atomic E-state index is 0.0152. The first-order valence-corrected chi connectivity index (χ1v) is 10.9. The number of carbonyl (C=O) groups excluding carboxylic acids is 2. The Labute approximate surface area is 190 Å². The molecule has 33 heavy (non-hydrogen) atoms. The largest absolute Gasteiger partial charge is 0.444 e. The number of nitrogens with one attached hydrogen (secondary N) is 1. The molecule has 0 bridgehead atoms. The predicted molar refractivity (Wildman–Crippen MR) is 115 cm³/mol. The van der Waals surface area contributed by atoms with E-state index < -0.39 is 22.9 Å². The molecule has 1 N–H and O–H groups in total. The van der Waals surface area contributed by atoms with Gasteiger partial charge in [0.1, 0.15) is 5.60 Å². The molecule has 1 saturated heterocycles. The van der Waals surface area contributed by atoms with Crippen LogP contribution in [0.5, 0.6) is 0 Å². The van der Waals surface area contributed by atoms with Crippen molar-refractivity contribution in [1.82, 2.24) is 20.0 Å². The summed E-state index contributed by atoms with van der Waals surface area (Å²) in [6.07, 6.45) is -4.89. The van der Waals surface area contributed by atoms with Crippen LogP contribution < -0.4 is 5.32 Å². The van der Waals surface area contributed by atoms with Gasteiger partial charge < -0.3 is 15.0 Å². The summed E-state index contributed by atoms with van der Waals surface area (Å²) >= 11 is 0. The summed E-state index contributed by atoms with van der Waals surface area (Å²) in [7, 11) is 1.47. The Morgan fingerprint density at radius 3 is 2.24 bits per heavy atom. The molecule has 1 aromatic carbocycles. The van der Waals surface area contributed by atoms with Crippen molar-refractivity contribution in [2.24, 2.45) is 24.8 Å². The Bertz CT molecular complexity index is 1100. The highest BCUT2D eigenvalue weighted by molar-refractivity contribution is 5.88. The molecule has 2 amide bonds. The fourth-order valence-corrected chi connectivity index (χ4v) is 4.87. The summed E-state index contributed by atoms with van der Waals surface area (Å²) in [4.78, 5) is 26.9. The fourth-order valence-electron chi connectivity index (χ4n) is 4.87. The van der Waals surface area contributed by atoms with Crippen molar-refractivity contribution in [3.63, 3.8) is 0 Å². The van der Waals surface area contributed by atoms with E-state index in [-0.39, 0.29) is 35.3 Å². The topological polar surface area (TPSA) is 76.5 Å². The first kappa shape index (κ1) is 23.4. The summed E-state index contributed by atoms with van der Waals surface area (Å²) in [6.45, 7) is 9.80. The number of alkyl halides is 3. The van der Waals surface area contributed by atoms with Crippen LogP contribution in [0.15, 0.2) is 18.2 Å². The highest BCUT2D eigenvalue weighted by Gasteiger charge is 2.61. The monoisotopic (exact) mass is 466 g/mol. The molecular formula is C23H29F3N4O3. The molecule has 180 valence electrons. The molecule has 2 heterocycles. The van der Waals surface area contributed by atoms with Crippen molar-refractivity contribution in [2.75, 3.05) is 13.1 Å². The molecule has 1 saturated carbocycles. The van der Waals surface area contributed by atoms with Gasteiger partial charge in [-0.15, -0.1) is 0 Å². The minimum atomic E-state index is -4.51. The maximum Gasteiger partial charge on any atom is 0.418 e. The third-order valence-electron chi connectivity index (χ3n) is 6.35. The summed E-state index contributed by atoms with van der Waals surface area (Å²) < 4.78 is 47.1. The Hall–Kier alpha value is -2.78. The fraction of sp³-hybridized carbons (Fsp3) is 0.609. The molecule has 1 aliphatic heterocycles. The van der Waals surface area contributed by atoms with Crippen LogP contribution in [0, 0.1) is 17.8 Å². The molecule has 4 rings (SSSR count). The highest BCUT2D eigenvalue weighted by Crippen LogP contribution is 2.52. The van der Waals surface area contributed by atoms with Crippen LogP contribution in [0.2, 0.25) is 0 Å². The van der Waals surface area contributed by atoms with Gasteiger partial charge in [-0.3, -0.25) is 9.48 Å². The second-order valence-electron chi connectivity index (χ2n) is 10.5. The first-order valence-electron chi connectivity index (χ1n) is 10.9. The summed E-state index contributed by atoms with van der Waals surface area (Å²) in [5.74, 6) is -0.287. The number of fused-ring (bicyclic) bond motifs is 2. The number of amides is 2. The van der Waals surface area contributed by atoms with Crippen LogP contribution in [0.4, 0.5) is 18.0 Å². The number of piperidine rings is 1. The molecule has 2 aliphatic rings. The Morgan fingerprint density at radius 2 is 1.70 bits per heavy atom. The zero-order valence-corrected chi connectivity index (χ0v) is 19.6. The van der Waals surface area contributed by atoms with E-state index in [1.807, 2.05) is 0 Å². The van der Waals surface area contributed by atoms with E-state index in [0.717, 1.165) is 6.07 Å².